The maximum atomic E-state index is 9.34. The summed E-state index contributed by atoms with van der Waals surface area (Å²) >= 11 is 0. The molecule has 1 fully saturated rings. The minimum absolute atomic E-state index is 0.304. The van der Waals surface area contributed by atoms with Crippen molar-refractivity contribution < 1.29 is 5.11 Å². The van der Waals surface area contributed by atoms with Gasteiger partial charge in [0.15, 0.2) is 0 Å². The SMILES string of the molecule is Cc1cc(C(C)C)nc(NCC2CCCC2CO)n1. The van der Waals surface area contributed by atoms with Crippen LogP contribution in [0.15, 0.2) is 6.07 Å². The van der Waals surface area contributed by atoms with E-state index in [1.165, 1.54) is 12.8 Å². The zero-order chi connectivity index (χ0) is 13.8. The van der Waals surface area contributed by atoms with Crippen molar-refractivity contribution in [3.63, 3.8) is 0 Å². The molecule has 0 spiro atoms. The van der Waals surface area contributed by atoms with Crippen molar-refractivity contribution in [1.29, 1.82) is 0 Å². The van der Waals surface area contributed by atoms with Gasteiger partial charge in [0.25, 0.3) is 0 Å². The minimum atomic E-state index is 0.304. The van der Waals surface area contributed by atoms with Gasteiger partial charge in [0.2, 0.25) is 5.95 Å². The van der Waals surface area contributed by atoms with Gasteiger partial charge in [0.05, 0.1) is 0 Å². The van der Waals surface area contributed by atoms with E-state index < -0.39 is 0 Å². The molecule has 4 heteroatoms. The van der Waals surface area contributed by atoms with Gasteiger partial charge < -0.3 is 10.4 Å². The molecule has 19 heavy (non-hydrogen) atoms. The Hall–Kier alpha value is -1.16. The summed E-state index contributed by atoms with van der Waals surface area (Å²) < 4.78 is 0. The van der Waals surface area contributed by atoms with Gasteiger partial charge in [-0.15, -0.1) is 0 Å². The highest BCUT2D eigenvalue weighted by Crippen LogP contribution is 2.31. The Morgan fingerprint density at radius 1 is 1.32 bits per heavy atom. The normalized spacial score (nSPS) is 23.0. The molecular weight excluding hydrogens is 238 g/mol. The van der Waals surface area contributed by atoms with E-state index in [1.807, 2.05) is 13.0 Å². The van der Waals surface area contributed by atoms with Crippen molar-refractivity contribution in [2.75, 3.05) is 18.5 Å². The summed E-state index contributed by atoms with van der Waals surface area (Å²) in [5.74, 6) is 2.14. The number of nitrogens with zero attached hydrogens (tertiary/aromatic N) is 2. The highest BCUT2D eigenvalue weighted by atomic mass is 16.3. The van der Waals surface area contributed by atoms with E-state index in [-0.39, 0.29) is 0 Å². The zero-order valence-corrected chi connectivity index (χ0v) is 12.2. The fourth-order valence-electron chi connectivity index (χ4n) is 2.81. The Morgan fingerprint density at radius 2 is 2.05 bits per heavy atom. The van der Waals surface area contributed by atoms with Crippen molar-refractivity contribution in [1.82, 2.24) is 9.97 Å². The average molecular weight is 263 g/mol. The number of aromatic nitrogens is 2. The Labute approximate surface area is 115 Å². The minimum Gasteiger partial charge on any atom is -0.396 e. The number of hydrogen-bond acceptors (Lipinski definition) is 4. The molecule has 2 atom stereocenters. The van der Waals surface area contributed by atoms with Crippen LogP contribution in [0, 0.1) is 18.8 Å². The molecule has 1 aromatic rings. The number of aliphatic hydroxyl groups excluding tert-OH is 1. The molecule has 0 saturated heterocycles. The van der Waals surface area contributed by atoms with E-state index >= 15 is 0 Å². The largest absolute Gasteiger partial charge is 0.396 e. The lowest BCUT2D eigenvalue weighted by Gasteiger charge is -2.18. The van der Waals surface area contributed by atoms with Crippen LogP contribution < -0.4 is 5.32 Å². The Bertz CT molecular complexity index is 420. The Balaban J connectivity index is 1.99. The van der Waals surface area contributed by atoms with Gasteiger partial charge in [0, 0.05) is 24.5 Å². The molecule has 1 aromatic heterocycles. The van der Waals surface area contributed by atoms with Gasteiger partial charge in [-0.25, -0.2) is 9.97 Å². The summed E-state index contributed by atoms with van der Waals surface area (Å²) in [7, 11) is 0. The summed E-state index contributed by atoms with van der Waals surface area (Å²) in [6, 6.07) is 2.04. The number of nitrogens with one attached hydrogen (secondary N) is 1. The van der Waals surface area contributed by atoms with E-state index in [0.717, 1.165) is 30.3 Å². The molecule has 0 radical (unpaired) electrons. The lowest BCUT2D eigenvalue weighted by molar-refractivity contribution is 0.199. The molecule has 1 aliphatic rings. The van der Waals surface area contributed by atoms with Crippen molar-refractivity contribution >= 4 is 5.95 Å². The van der Waals surface area contributed by atoms with E-state index in [2.05, 4.69) is 29.1 Å². The first-order chi connectivity index (χ1) is 9.10. The predicted molar refractivity (Wildman–Crippen MR) is 77.3 cm³/mol. The van der Waals surface area contributed by atoms with Crippen molar-refractivity contribution in [2.45, 2.75) is 46.0 Å². The molecule has 0 amide bonds. The first kappa shape index (κ1) is 14.3. The zero-order valence-electron chi connectivity index (χ0n) is 12.2. The van der Waals surface area contributed by atoms with Crippen LogP contribution in [0.5, 0.6) is 0 Å². The second kappa shape index (κ2) is 6.33. The topological polar surface area (TPSA) is 58.0 Å². The summed E-state index contributed by atoms with van der Waals surface area (Å²) in [5, 5.41) is 12.7. The van der Waals surface area contributed by atoms with Crippen LogP contribution in [-0.4, -0.2) is 28.2 Å². The van der Waals surface area contributed by atoms with Crippen LogP contribution in [0.4, 0.5) is 5.95 Å². The number of rotatable bonds is 5. The molecule has 0 aromatic carbocycles. The summed E-state index contributed by atoms with van der Waals surface area (Å²) in [6.45, 7) is 7.46. The van der Waals surface area contributed by atoms with Crippen molar-refractivity contribution in [2.24, 2.45) is 11.8 Å². The average Bonchev–Trinajstić information content (AvgIpc) is 2.83. The fourth-order valence-corrected chi connectivity index (χ4v) is 2.81. The third-order valence-electron chi connectivity index (χ3n) is 4.04. The summed E-state index contributed by atoms with van der Waals surface area (Å²) in [5.41, 5.74) is 2.09. The maximum Gasteiger partial charge on any atom is 0.223 e. The monoisotopic (exact) mass is 263 g/mol. The molecule has 2 N–H and O–H groups in total. The Morgan fingerprint density at radius 3 is 2.74 bits per heavy atom. The van der Waals surface area contributed by atoms with E-state index in [9.17, 15) is 5.11 Å². The molecular formula is C15H25N3O. The number of hydrogen-bond donors (Lipinski definition) is 2. The van der Waals surface area contributed by atoms with Gasteiger partial charge in [-0.2, -0.15) is 0 Å². The summed E-state index contributed by atoms with van der Waals surface area (Å²) in [6.07, 6.45) is 3.57. The van der Waals surface area contributed by atoms with Gasteiger partial charge in [0.1, 0.15) is 0 Å². The van der Waals surface area contributed by atoms with Gasteiger partial charge in [-0.1, -0.05) is 20.3 Å². The quantitative estimate of drug-likeness (QED) is 0.857. The van der Waals surface area contributed by atoms with Gasteiger partial charge in [-0.05, 0) is 43.6 Å². The third-order valence-corrected chi connectivity index (χ3v) is 4.04. The smallest absolute Gasteiger partial charge is 0.223 e. The molecule has 0 bridgehead atoms. The van der Waals surface area contributed by atoms with Crippen LogP contribution in [0.1, 0.15) is 50.4 Å². The number of aliphatic hydroxyl groups is 1. The van der Waals surface area contributed by atoms with Crippen LogP contribution in [-0.2, 0) is 0 Å². The lowest BCUT2D eigenvalue weighted by Crippen LogP contribution is -2.22. The highest BCUT2D eigenvalue weighted by molar-refractivity contribution is 5.29. The fraction of sp³-hybridized carbons (Fsp3) is 0.733. The van der Waals surface area contributed by atoms with E-state index in [0.29, 0.717) is 24.4 Å². The van der Waals surface area contributed by atoms with E-state index in [1.54, 1.807) is 0 Å². The molecule has 1 saturated carbocycles. The van der Waals surface area contributed by atoms with Crippen molar-refractivity contribution in [3.05, 3.63) is 17.5 Å². The van der Waals surface area contributed by atoms with Crippen molar-refractivity contribution in [3.8, 4) is 0 Å². The van der Waals surface area contributed by atoms with Crippen LogP contribution >= 0.6 is 0 Å². The lowest BCUT2D eigenvalue weighted by atomic mass is 9.97. The first-order valence-corrected chi connectivity index (χ1v) is 7.30. The molecule has 106 valence electrons. The van der Waals surface area contributed by atoms with E-state index in [4.69, 9.17) is 0 Å². The molecule has 2 unspecified atom stereocenters. The van der Waals surface area contributed by atoms with Crippen LogP contribution in [0.25, 0.3) is 0 Å². The van der Waals surface area contributed by atoms with Gasteiger partial charge in [-0.3, -0.25) is 0 Å². The molecule has 1 aliphatic carbocycles. The Kier molecular flexibility index (Phi) is 4.75. The first-order valence-electron chi connectivity index (χ1n) is 7.30. The second-order valence-corrected chi connectivity index (χ2v) is 5.93. The standard InChI is InChI=1S/C15H25N3O/c1-10(2)14-7-11(3)17-15(18-14)16-8-12-5-4-6-13(12)9-19/h7,10,12-13,19H,4-6,8-9H2,1-3H3,(H,16,17,18). The summed E-state index contributed by atoms with van der Waals surface area (Å²) in [4.78, 5) is 9.00. The highest BCUT2D eigenvalue weighted by Gasteiger charge is 2.26. The number of aryl methyl sites for hydroxylation is 1. The maximum absolute atomic E-state index is 9.34. The molecule has 1 heterocycles. The second-order valence-electron chi connectivity index (χ2n) is 5.93. The molecule has 2 rings (SSSR count). The predicted octanol–water partition coefficient (Wildman–Crippen LogP) is 2.73. The van der Waals surface area contributed by atoms with Crippen LogP contribution in [0.3, 0.4) is 0 Å². The van der Waals surface area contributed by atoms with Crippen LogP contribution in [0.2, 0.25) is 0 Å². The molecule has 4 nitrogen and oxygen atoms in total. The number of anilines is 1. The third kappa shape index (κ3) is 3.66. The van der Waals surface area contributed by atoms with Gasteiger partial charge >= 0.3 is 0 Å². The molecule has 0 aliphatic heterocycles.